The average Bonchev–Trinajstić information content (AvgIpc) is 2.90. The summed E-state index contributed by atoms with van der Waals surface area (Å²) in [6, 6.07) is 6.62. The second-order valence-electron chi connectivity index (χ2n) is 5.57. The molecule has 5 heteroatoms. The van der Waals surface area contributed by atoms with Gasteiger partial charge in [-0.1, -0.05) is 19.1 Å². The minimum Gasteiger partial charge on any atom is -0.377 e. The second-order valence-corrected chi connectivity index (χ2v) is 5.57. The van der Waals surface area contributed by atoms with Crippen LogP contribution >= 0.6 is 0 Å². The van der Waals surface area contributed by atoms with Crippen LogP contribution in [0, 0.1) is 5.82 Å². The molecule has 21 heavy (non-hydrogen) atoms. The van der Waals surface area contributed by atoms with Crippen LogP contribution < -0.4 is 5.73 Å². The van der Waals surface area contributed by atoms with Crippen molar-refractivity contribution in [2.75, 3.05) is 27.3 Å². The summed E-state index contributed by atoms with van der Waals surface area (Å²) >= 11 is 0. The lowest BCUT2D eigenvalue weighted by molar-refractivity contribution is -0.00461. The fourth-order valence-electron chi connectivity index (χ4n) is 3.09. The van der Waals surface area contributed by atoms with Crippen LogP contribution in [0.1, 0.15) is 24.9 Å². The van der Waals surface area contributed by atoms with Crippen molar-refractivity contribution in [2.24, 2.45) is 5.73 Å². The number of hydrogen-bond acceptors (Lipinski definition) is 4. The van der Waals surface area contributed by atoms with Gasteiger partial charge in [-0.2, -0.15) is 0 Å². The predicted octanol–water partition coefficient (Wildman–Crippen LogP) is 1.95. The van der Waals surface area contributed by atoms with Crippen LogP contribution in [-0.4, -0.2) is 50.5 Å². The van der Waals surface area contributed by atoms with Gasteiger partial charge in [0.05, 0.1) is 18.2 Å². The monoisotopic (exact) mass is 296 g/mol. The number of ether oxygens (including phenoxy) is 2. The first kappa shape index (κ1) is 16.4. The molecule has 2 N–H and O–H groups in total. The van der Waals surface area contributed by atoms with E-state index in [1.165, 1.54) is 6.07 Å². The molecule has 2 rings (SSSR count). The van der Waals surface area contributed by atoms with Gasteiger partial charge in [-0.25, -0.2) is 4.39 Å². The summed E-state index contributed by atoms with van der Waals surface area (Å²) in [5.74, 6) is -0.230. The highest BCUT2D eigenvalue weighted by atomic mass is 19.1. The molecular weight excluding hydrogens is 271 g/mol. The third-order valence-electron chi connectivity index (χ3n) is 4.31. The van der Waals surface area contributed by atoms with Crippen LogP contribution in [0.15, 0.2) is 24.3 Å². The van der Waals surface area contributed by atoms with Crippen molar-refractivity contribution >= 4 is 0 Å². The van der Waals surface area contributed by atoms with Crippen LogP contribution in [-0.2, 0) is 9.47 Å². The maximum absolute atomic E-state index is 13.6. The lowest BCUT2D eigenvalue weighted by Crippen LogP contribution is -2.40. The minimum absolute atomic E-state index is 0.0233. The van der Waals surface area contributed by atoms with E-state index in [1.54, 1.807) is 26.4 Å². The van der Waals surface area contributed by atoms with E-state index >= 15 is 0 Å². The van der Waals surface area contributed by atoms with Gasteiger partial charge in [-0.3, -0.25) is 4.90 Å². The lowest BCUT2D eigenvalue weighted by atomic mass is 9.96. The Bertz CT molecular complexity index is 446. The van der Waals surface area contributed by atoms with E-state index in [0.717, 1.165) is 25.1 Å². The Kier molecular flexibility index (Phi) is 5.70. The number of hydrogen-bond donors (Lipinski definition) is 1. The SMILES string of the molecule is CCC(N)C(c1cccc(F)c1)N1CC(OC)C(OC)C1. The highest BCUT2D eigenvalue weighted by molar-refractivity contribution is 5.22. The summed E-state index contributed by atoms with van der Waals surface area (Å²) in [6.07, 6.45) is 0.873. The van der Waals surface area contributed by atoms with Crippen molar-refractivity contribution in [1.29, 1.82) is 0 Å². The van der Waals surface area contributed by atoms with Crippen LogP contribution in [0.3, 0.4) is 0 Å². The molecule has 4 nitrogen and oxygen atoms in total. The molecule has 0 bridgehead atoms. The summed E-state index contributed by atoms with van der Waals surface area (Å²) in [5.41, 5.74) is 7.22. The summed E-state index contributed by atoms with van der Waals surface area (Å²) < 4.78 is 24.5. The van der Waals surface area contributed by atoms with E-state index in [4.69, 9.17) is 15.2 Å². The number of halogens is 1. The molecule has 0 saturated carbocycles. The van der Waals surface area contributed by atoms with Crippen molar-refractivity contribution in [3.05, 3.63) is 35.6 Å². The minimum atomic E-state index is -0.230. The van der Waals surface area contributed by atoms with E-state index in [1.807, 2.05) is 6.07 Å². The number of benzene rings is 1. The van der Waals surface area contributed by atoms with Crippen molar-refractivity contribution in [2.45, 2.75) is 37.6 Å². The zero-order chi connectivity index (χ0) is 15.4. The third kappa shape index (κ3) is 3.61. The number of likely N-dealkylation sites (tertiary alicyclic amines) is 1. The van der Waals surface area contributed by atoms with Gasteiger partial charge in [0.2, 0.25) is 0 Å². The molecule has 1 aromatic rings. The van der Waals surface area contributed by atoms with Gasteiger partial charge in [-0.05, 0) is 24.1 Å². The smallest absolute Gasteiger partial charge is 0.123 e. The molecular formula is C16H25FN2O2. The lowest BCUT2D eigenvalue weighted by Gasteiger charge is -2.32. The van der Waals surface area contributed by atoms with Gasteiger partial charge in [0, 0.05) is 33.4 Å². The fraction of sp³-hybridized carbons (Fsp3) is 0.625. The molecule has 1 heterocycles. The zero-order valence-electron chi connectivity index (χ0n) is 13.0. The van der Waals surface area contributed by atoms with E-state index in [2.05, 4.69) is 11.8 Å². The van der Waals surface area contributed by atoms with Crippen molar-refractivity contribution < 1.29 is 13.9 Å². The molecule has 1 fully saturated rings. The first-order chi connectivity index (χ1) is 10.1. The quantitative estimate of drug-likeness (QED) is 0.871. The van der Waals surface area contributed by atoms with E-state index < -0.39 is 0 Å². The number of methoxy groups -OCH3 is 2. The molecule has 0 aliphatic carbocycles. The van der Waals surface area contributed by atoms with Gasteiger partial charge >= 0.3 is 0 Å². The average molecular weight is 296 g/mol. The highest BCUT2D eigenvalue weighted by Gasteiger charge is 2.38. The number of nitrogens with zero attached hydrogens (tertiary/aromatic N) is 1. The van der Waals surface area contributed by atoms with Crippen LogP contribution in [0.4, 0.5) is 4.39 Å². The summed E-state index contributed by atoms with van der Waals surface area (Å²) in [4.78, 5) is 2.24. The molecule has 1 aliphatic rings. The molecule has 1 saturated heterocycles. The largest absolute Gasteiger partial charge is 0.377 e. The van der Waals surface area contributed by atoms with Gasteiger partial charge in [0.15, 0.2) is 0 Å². The van der Waals surface area contributed by atoms with Gasteiger partial charge in [0.1, 0.15) is 5.82 Å². The first-order valence-corrected chi connectivity index (χ1v) is 7.41. The Morgan fingerprint density at radius 3 is 2.38 bits per heavy atom. The molecule has 1 aromatic carbocycles. The molecule has 4 unspecified atom stereocenters. The highest BCUT2D eigenvalue weighted by Crippen LogP contribution is 2.30. The van der Waals surface area contributed by atoms with Gasteiger partial charge in [0.25, 0.3) is 0 Å². The summed E-state index contributed by atoms with van der Waals surface area (Å²) in [5, 5.41) is 0. The number of nitrogens with two attached hydrogens (primary N) is 1. The Morgan fingerprint density at radius 1 is 1.29 bits per heavy atom. The molecule has 1 aliphatic heterocycles. The zero-order valence-corrected chi connectivity index (χ0v) is 13.0. The topological polar surface area (TPSA) is 47.7 Å². The Balaban J connectivity index is 2.25. The Labute approximate surface area is 126 Å². The molecule has 0 spiro atoms. The van der Waals surface area contributed by atoms with Gasteiger partial charge < -0.3 is 15.2 Å². The summed E-state index contributed by atoms with van der Waals surface area (Å²) in [6.45, 7) is 3.53. The standard InChI is InChI=1S/C16H25FN2O2/c1-4-13(18)16(11-6-5-7-12(17)8-11)19-9-14(20-2)15(10-19)21-3/h5-8,13-16H,4,9-10,18H2,1-3H3. The maximum atomic E-state index is 13.6. The fourth-order valence-corrected chi connectivity index (χ4v) is 3.09. The Morgan fingerprint density at radius 2 is 1.90 bits per heavy atom. The normalized spacial score (nSPS) is 26.0. The maximum Gasteiger partial charge on any atom is 0.123 e. The van der Waals surface area contributed by atoms with E-state index in [9.17, 15) is 4.39 Å². The van der Waals surface area contributed by atoms with E-state index in [-0.39, 0.29) is 30.1 Å². The predicted molar refractivity (Wildman–Crippen MR) is 80.6 cm³/mol. The van der Waals surface area contributed by atoms with Crippen LogP contribution in [0.25, 0.3) is 0 Å². The van der Waals surface area contributed by atoms with Crippen molar-refractivity contribution in [3.63, 3.8) is 0 Å². The number of rotatable bonds is 6. The van der Waals surface area contributed by atoms with Crippen molar-refractivity contribution in [3.8, 4) is 0 Å². The molecule has 4 atom stereocenters. The van der Waals surface area contributed by atoms with Crippen LogP contribution in [0.2, 0.25) is 0 Å². The van der Waals surface area contributed by atoms with Gasteiger partial charge in [-0.15, -0.1) is 0 Å². The third-order valence-corrected chi connectivity index (χ3v) is 4.31. The Hall–Kier alpha value is -1.01. The van der Waals surface area contributed by atoms with Crippen molar-refractivity contribution in [1.82, 2.24) is 4.90 Å². The summed E-state index contributed by atoms with van der Waals surface area (Å²) in [7, 11) is 3.38. The molecule has 118 valence electrons. The van der Waals surface area contributed by atoms with Crippen LogP contribution in [0.5, 0.6) is 0 Å². The molecule has 0 radical (unpaired) electrons. The first-order valence-electron chi connectivity index (χ1n) is 7.41. The molecule has 0 aromatic heterocycles. The second kappa shape index (κ2) is 7.31. The molecule has 0 amide bonds. The van der Waals surface area contributed by atoms with E-state index in [0.29, 0.717) is 0 Å².